The molecule has 150 valence electrons. The van der Waals surface area contributed by atoms with Crippen molar-refractivity contribution in [1.29, 1.82) is 0 Å². The number of carbonyl (C=O) groups excluding carboxylic acids is 2. The Bertz CT molecular complexity index is 856. The van der Waals surface area contributed by atoms with Crippen molar-refractivity contribution in [3.05, 3.63) is 46.7 Å². The van der Waals surface area contributed by atoms with Gasteiger partial charge >= 0.3 is 0 Å². The van der Waals surface area contributed by atoms with Crippen LogP contribution in [-0.2, 0) is 11.2 Å². The molecule has 2 N–H and O–H groups in total. The van der Waals surface area contributed by atoms with Gasteiger partial charge in [-0.05, 0) is 30.2 Å². The predicted octanol–water partition coefficient (Wildman–Crippen LogP) is 3.21. The molecular formula is C20H23ClN2O5. The molecule has 0 aliphatic heterocycles. The minimum absolute atomic E-state index is 0.0300. The van der Waals surface area contributed by atoms with E-state index in [0.29, 0.717) is 29.2 Å². The van der Waals surface area contributed by atoms with E-state index in [2.05, 4.69) is 4.98 Å². The van der Waals surface area contributed by atoms with E-state index in [1.54, 1.807) is 24.4 Å². The number of hydrogen-bond donors (Lipinski definition) is 1. The Labute approximate surface area is 168 Å². The van der Waals surface area contributed by atoms with Gasteiger partial charge in [-0.3, -0.25) is 14.6 Å². The highest BCUT2D eigenvalue weighted by molar-refractivity contribution is 6.31. The van der Waals surface area contributed by atoms with Crippen LogP contribution in [0, 0.1) is 0 Å². The number of nitrogens with two attached hydrogens (primary N) is 1. The van der Waals surface area contributed by atoms with E-state index in [1.165, 1.54) is 20.4 Å². The third-order valence-electron chi connectivity index (χ3n) is 4.14. The van der Waals surface area contributed by atoms with Crippen molar-refractivity contribution in [2.45, 2.75) is 32.3 Å². The molecule has 1 unspecified atom stereocenters. The van der Waals surface area contributed by atoms with Gasteiger partial charge in [0.05, 0.1) is 24.8 Å². The summed E-state index contributed by atoms with van der Waals surface area (Å²) in [5, 5.41) is 0.389. The first-order valence-corrected chi connectivity index (χ1v) is 9.13. The summed E-state index contributed by atoms with van der Waals surface area (Å²) in [5.74, 6) is -0.174. The maximum Gasteiger partial charge on any atom is 0.258 e. The van der Waals surface area contributed by atoms with Gasteiger partial charge in [0.1, 0.15) is 0 Å². The molecule has 1 aromatic carbocycles. The van der Waals surface area contributed by atoms with E-state index in [1.807, 2.05) is 6.92 Å². The standard InChI is InChI=1S/C20H23ClN2O5/c1-4-5-17(20(22)25)28-18-13(6-7-16(26-2)19(18)27-3)15(24)10-12-8-9-23-11-14(12)21/h6-9,11,17H,4-5,10H2,1-3H3,(H2,22,25). The van der Waals surface area contributed by atoms with Gasteiger partial charge in [-0.2, -0.15) is 0 Å². The van der Waals surface area contributed by atoms with Crippen molar-refractivity contribution in [3.63, 3.8) is 0 Å². The third-order valence-corrected chi connectivity index (χ3v) is 4.48. The average Bonchev–Trinajstić information content (AvgIpc) is 2.68. The highest BCUT2D eigenvalue weighted by Crippen LogP contribution is 2.41. The highest BCUT2D eigenvalue weighted by Gasteiger charge is 2.26. The van der Waals surface area contributed by atoms with Crippen molar-refractivity contribution in [2.75, 3.05) is 14.2 Å². The van der Waals surface area contributed by atoms with E-state index in [0.717, 1.165) is 0 Å². The van der Waals surface area contributed by atoms with E-state index in [9.17, 15) is 9.59 Å². The molecule has 2 aromatic rings. The minimum atomic E-state index is -0.901. The molecule has 0 spiro atoms. The zero-order chi connectivity index (χ0) is 20.7. The summed E-state index contributed by atoms with van der Waals surface area (Å²) in [5.41, 5.74) is 6.33. The third kappa shape index (κ3) is 4.92. The van der Waals surface area contributed by atoms with Gasteiger partial charge in [-0.1, -0.05) is 24.9 Å². The van der Waals surface area contributed by atoms with E-state index >= 15 is 0 Å². The Morgan fingerprint density at radius 3 is 2.50 bits per heavy atom. The molecule has 28 heavy (non-hydrogen) atoms. The average molecular weight is 407 g/mol. The molecule has 0 fully saturated rings. The fourth-order valence-electron chi connectivity index (χ4n) is 2.71. The number of amides is 1. The lowest BCUT2D eigenvalue weighted by Crippen LogP contribution is -2.34. The fraction of sp³-hybridized carbons (Fsp3) is 0.350. The molecular weight excluding hydrogens is 384 g/mol. The first kappa shape index (κ1) is 21.5. The van der Waals surface area contributed by atoms with Crippen LogP contribution in [0.3, 0.4) is 0 Å². The van der Waals surface area contributed by atoms with E-state index in [-0.39, 0.29) is 29.3 Å². The number of pyridine rings is 1. The maximum atomic E-state index is 13.0. The molecule has 0 aliphatic rings. The van der Waals surface area contributed by atoms with Gasteiger partial charge in [-0.15, -0.1) is 0 Å². The Morgan fingerprint density at radius 1 is 1.18 bits per heavy atom. The fourth-order valence-corrected chi connectivity index (χ4v) is 2.90. The SMILES string of the molecule is CCCC(Oc1c(C(=O)Cc2ccncc2Cl)ccc(OC)c1OC)C(N)=O. The van der Waals surface area contributed by atoms with Crippen molar-refractivity contribution in [2.24, 2.45) is 5.73 Å². The second-order valence-electron chi connectivity index (χ2n) is 6.04. The lowest BCUT2D eigenvalue weighted by Gasteiger charge is -2.21. The Hall–Kier alpha value is -2.80. The highest BCUT2D eigenvalue weighted by atomic mass is 35.5. The molecule has 0 radical (unpaired) electrons. The number of halogens is 1. The van der Waals surface area contributed by atoms with Crippen LogP contribution in [0.15, 0.2) is 30.6 Å². The molecule has 2 rings (SSSR count). The minimum Gasteiger partial charge on any atom is -0.493 e. The molecule has 0 aliphatic carbocycles. The number of hydrogen-bond acceptors (Lipinski definition) is 6. The van der Waals surface area contributed by atoms with Gasteiger partial charge in [0.15, 0.2) is 23.4 Å². The first-order chi connectivity index (χ1) is 13.4. The summed E-state index contributed by atoms with van der Waals surface area (Å²) in [7, 11) is 2.90. The van der Waals surface area contributed by atoms with Crippen molar-refractivity contribution >= 4 is 23.3 Å². The molecule has 8 heteroatoms. The van der Waals surface area contributed by atoms with Crippen LogP contribution in [0.2, 0.25) is 5.02 Å². The predicted molar refractivity (Wildman–Crippen MR) is 105 cm³/mol. The largest absolute Gasteiger partial charge is 0.493 e. The number of benzene rings is 1. The van der Waals surface area contributed by atoms with Crippen LogP contribution in [0.1, 0.15) is 35.7 Å². The summed E-state index contributed by atoms with van der Waals surface area (Å²) in [6, 6.07) is 4.84. The smallest absolute Gasteiger partial charge is 0.258 e. The number of ether oxygens (including phenoxy) is 3. The van der Waals surface area contributed by atoms with E-state index in [4.69, 9.17) is 31.5 Å². The second kappa shape index (κ2) is 9.94. The van der Waals surface area contributed by atoms with Gasteiger partial charge in [0, 0.05) is 18.8 Å². The van der Waals surface area contributed by atoms with E-state index < -0.39 is 12.0 Å². The van der Waals surface area contributed by atoms with Crippen LogP contribution >= 0.6 is 11.6 Å². The molecule has 1 amide bonds. The number of rotatable bonds is 10. The quantitative estimate of drug-likeness (QED) is 0.608. The number of ketones is 1. The summed E-state index contributed by atoms with van der Waals surface area (Å²) < 4.78 is 16.5. The van der Waals surface area contributed by atoms with Crippen LogP contribution in [0.5, 0.6) is 17.2 Å². The monoisotopic (exact) mass is 406 g/mol. The van der Waals surface area contributed by atoms with Gasteiger partial charge < -0.3 is 19.9 Å². The maximum absolute atomic E-state index is 13.0. The number of primary amides is 1. The number of methoxy groups -OCH3 is 2. The molecule has 0 saturated heterocycles. The van der Waals surface area contributed by atoms with Crippen LogP contribution in [-0.4, -0.2) is 37.0 Å². The molecule has 0 bridgehead atoms. The molecule has 1 aromatic heterocycles. The van der Waals surface area contributed by atoms with Crippen molar-refractivity contribution in [1.82, 2.24) is 4.98 Å². The van der Waals surface area contributed by atoms with Gasteiger partial charge in [0.25, 0.3) is 5.91 Å². The summed E-state index contributed by atoms with van der Waals surface area (Å²) in [6.07, 6.45) is 3.24. The Balaban J connectivity index is 2.49. The zero-order valence-electron chi connectivity index (χ0n) is 16.0. The van der Waals surface area contributed by atoms with Crippen molar-refractivity contribution < 1.29 is 23.8 Å². The van der Waals surface area contributed by atoms with Gasteiger partial charge in [0.2, 0.25) is 5.75 Å². The van der Waals surface area contributed by atoms with Crippen LogP contribution in [0.4, 0.5) is 0 Å². The summed E-state index contributed by atoms with van der Waals surface area (Å²) in [6.45, 7) is 1.90. The topological polar surface area (TPSA) is 101 Å². The number of carbonyl (C=O) groups is 2. The lowest BCUT2D eigenvalue weighted by atomic mass is 10.0. The number of Topliss-reactive ketones (excluding diaryl/α,β-unsaturated/α-hetero) is 1. The zero-order valence-corrected chi connectivity index (χ0v) is 16.8. The molecule has 1 atom stereocenters. The van der Waals surface area contributed by atoms with Crippen LogP contribution < -0.4 is 19.9 Å². The second-order valence-corrected chi connectivity index (χ2v) is 6.45. The van der Waals surface area contributed by atoms with Crippen molar-refractivity contribution in [3.8, 4) is 17.2 Å². The molecule has 0 saturated carbocycles. The lowest BCUT2D eigenvalue weighted by molar-refractivity contribution is -0.125. The Kier molecular flexibility index (Phi) is 7.63. The summed E-state index contributed by atoms with van der Waals surface area (Å²) in [4.78, 5) is 28.7. The number of aromatic nitrogens is 1. The van der Waals surface area contributed by atoms with Gasteiger partial charge in [-0.25, -0.2) is 0 Å². The molecule has 1 heterocycles. The number of nitrogens with zero attached hydrogens (tertiary/aromatic N) is 1. The summed E-state index contributed by atoms with van der Waals surface area (Å²) >= 11 is 6.12. The van der Waals surface area contributed by atoms with Crippen LogP contribution in [0.25, 0.3) is 0 Å². The first-order valence-electron chi connectivity index (χ1n) is 8.75. The molecule has 7 nitrogen and oxygen atoms in total. The Morgan fingerprint density at radius 2 is 1.93 bits per heavy atom. The normalized spacial score (nSPS) is 11.6.